The first-order valence-corrected chi connectivity index (χ1v) is 7.61. The Hall–Kier alpha value is -1.36. The molecule has 1 aromatic rings. The SMILES string of the molecule is CCN(CC)c1cnn(CCCCC(C)NC)c(=O)c1. The van der Waals surface area contributed by atoms with E-state index >= 15 is 0 Å². The lowest BCUT2D eigenvalue weighted by molar-refractivity contribution is 0.479. The Kier molecular flexibility index (Phi) is 7.30. The Morgan fingerprint density at radius 2 is 2.05 bits per heavy atom. The molecule has 0 aromatic carbocycles. The van der Waals surface area contributed by atoms with Crippen molar-refractivity contribution in [2.24, 2.45) is 0 Å². The van der Waals surface area contributed by atoms with E-state index in [0.29, 0.717) is 12.6 Å². The monoisotopic (exact) mass is 280 g/mol. The van der Waals surface area contributed by atoms with Gasteiger partial charge in [-0.05, 0) is 40.7 Å². The third kappa shape index (κ3) is 4.96. The molecule has 1 aromatic heterocycles. The molecule has 0 aliphatic carbocycles. The van der Waals surface area contributed by atoms with Crippen LogP contribution in [0.4, 0.5) is 5.69 Å². The number of aryl methyl sites for hydroxylation is 1. The van der Waals surface area contributed by atoms with E-state index in [0.717, 1.165) is 38.0 Å². The van der Waals surface area contributed by atoms with Gasteiger partial charge in [0.15, 0.2) is 0 Å². The van der Waals surface area contributed by atoms with Crippen LogP contribution in [0.3, 0.4) is 0 Å². The van der Waals surface area contributed by atoms with Gasteiger partial charge in [0.25, 0.3) is 5.56 Å². The highest BCUT2D eigenvalue weighted by Gasteiger charge is 2.05. The first-order chi connectivity index (χ1) is 9.62. The van der Waals surface area contributed by atoms with Gasteiger partial charge >= 0.3 is 0 Å². The van der Waals surface area contributed by atoms with E-state index in [4.69, 9.17) is 0 Å². The minimum atomic E-state index is -0.00364. The molecule has 5 nitrogen and oxygen atoms in total. The van der Waals surface area contributed by atoms with Crippen LogP contribution in [-0.4, -0.2) is 36.0 Å². The van der Waals surface area contributed by atoms with Crippen LogP contribution in [-0.2, 0) is 6.54 Å². The van der Waals surface area contributed by atoms with E-state index in [9.17, 15) is 4.79 Å². The second-order valence-electron chi connectivity index (χ2n) is 5.13. The first kappa shape index (κ1) is 16.7. The zero-order valence-electron chi connectivity index (χ0n) is 13.2. The van der Waals surface area contributed by atoms with Crippen molar-refractivity contribution in [3.05, 3.63) is 22.6 Å². The quantitative estimate of drug-likeness (QED) is 0.702. The Balaban J connectivity index is 2.54. The summed E-state index contributed by atoms with van der Waals surface area (Å²) in [7, 11) is 1.97. The molecule has 114 valence electrons. The highest BCUT2D eigenvalue weighted by Crippen LogP contribution is 2.08. The lowest BCUT2D eigenvalue weighted by Gasteiger charge is -2.20. The molecule has 0 amide bonds. The lowest BCUT2D eigenvalue weighted by Crippen LogP contribution is -2.28. The van der Waals surface area contributed by atoms with Crippen LogP contribution in [0.1, 0.15) is 40.0 Å². The molecule has 1 unspecified atom stereocenters. The fourth-order valence-electron chi connectivity index (χ4n) is 2.21. The van der Waals surface area contributed by atoms with Crippen molar-refractivity contribution in [2.75, 3.05) is 25.0 Å². The average Bonchev–Trinajstić information content (AvgIpc) is 2.46. The molecule has 1 atom stereocenters. The molecule has 1 rings (SSSR count). The van der Waals surface area contributed by atoms with Crippen LogP contribution < -0.4 is 15.8 Å². The van der Waals surface area contributed by atoms with Gasteiger partial charge in [0, 0.05) is 31.7 Å². The van der Waals surface area contributed by atoms with E-state index in [1.165, 1.54) is 0 Å². The van der Waals surface area contributed by atoms with Gasteiger partial charge in [-0.3, -0.25) is 4.79 Å². The molecular weight excluding hydrogens is 252 g/mol. The number of rotatable bonds is 9. The normalized spacial score (nSPS) is 12.4. The topological polar surface area (TPSA) is 50.2 Å². The zero-order chi connectivity index (χ0) is 15.0. The summed E-state index contributed by atoms with van der Waals surface area (Å²) in [6, 6.07) is 2.22. The molecule has 0 aliphatic heterocycles. The van der Waals surface area contributed by atoms with Crippen LogP contribution >= 0.6 is 0 Å². The predicted molar refractivity (Wildman–Crippen MR) is 84.4 cm³/mol. The Morgan fingerprint density at radius 3 is 2.60 bits per heavy atom. The molecule has 20 heavy (non-hydrogen) atoms. The van der Waals surface area contributed by atoms with Crippen LogP contribution in [0.25, 0.3) is 0 Å². The van der Waals surface area contributed by atoms with E-state index < -0.39 is 0 Å². The van der Waals surface area contributed by atoms with Gasteiger partial charge in [-0.15, -0.1) is 0 Å². The number of hydrogen-bond acceptors (Lipinski definition) is 4. The summed E-state index contributed by atoms with van der Waals surface area (Å²) in [5.74, 6) is 0. The molecule has 0 spiro atoms. The van der Waals surface area contributed by atoms with E-state index in [1.807, 2.05) is 7.05 Å². The van der Waals surface area contributed by atoms with Crippen molar-refractivity contribution >= 4 is 5.69 Å². The van der Waals surface area contributed by atoms with Crippen molar-refractivity contribution in [2.45, 2.75) is 52.6 Å². The minimum Gasteiger partial charge on any atom is -0.371 e. The summed E-state index contributed by atoms with van der Waals surface area (Å²) in [5.41, 5.74) is 0.913. The summed E-state index contributed by atoms with van der Waals surface area (Å²) >= 11 is 0. The highest BCUT2D eigenvalue weighted by atomic mass is 16.1. The number of hydrogen-bond donors (Lipinski definition) is 1. The number of aromatic nitrogens is 2. The Labute approximate surface area is 122 Å². The predicted octanol–water partition coefficient (Wildman–Crippen LogP) is 1.87. The van der Waals surface area contributed by atoms with Gasteiger partial charge in [-0.25, -0.2) is 4.68 Å². The number of nitrogens with one attached hydrogen (secondary N) is 1. The summed E-state index contributed by atoms with van der Waals surface area (Å²) in [6.45, 7) is 8.82. The van der Waals surface area contributed by atoms with E-state index in [-0.39, 0.29) is 5.56 Å². The van der Waals surface area contributed by atoms with E-state index in [2.05, 4.69) is 36.1 Å². The van der Waals surface area contributed by atoms with Gasteiger partial charge in [-0.2, -0.15) is 5.10 Å². The maximum Gasteiger partial charge on any atom is 0.268 e. The first-order valence-electron chi connectivity index (χ1n) is 7.61. The fourth-order valence-corrected chi connectivity index (χ4v) is 2.21. The average molecular weight is 280 g/mol. The van der Waals surface area contributed by atoms with Crippen LogP contribution in [0.5, 0.6) is 0 Å². The molecule has 0 aliphatic rings. The Bertz CT molecular complexity index is 440. The number of anilines is 1. The fraction of sp³-hybridized carbons (Fsp3) is 0.733. The van der Waals surface area contributed by atoms with Crippen LogP contribution in [0.2, 0.25) is 0 Å². The second kappa shape index (κ2) is 8.74. The molecule has 1 heterocycles. The summed E-state index contributed by atoms with van der Waals surface area (Å²) in [6.07, 6.45) is 5.02. The van der Waals surface area contributed by atoms with Gasteiger partial charge in [-0.1, -0.05) is 6.42 Å². The van der Waals surface area contributed by atoms with Gasteiger partial charge in [0.1, 0.15) is 0 Å². The number of nitrogens with zero attached hydrogens (tertiary/aromatic N) is 3. The third-order valence-corrected chi connectivity index (χ3v) is 3.73. The maximum atomic E-state index is 12.0. The summed E-state index contributed by atoms with van der Waals surface area (Å²) < 4.78 is 1.57. The molecule has 0 fully saturated rings. The largest absolute Gasteiger partial charge is 0.371 e. The van der Waals surface area contributed by atoms with Crippen molar-refractivity contribution in [1.29, 1.82) is 0 Å². The molecule has 5 heteroatoms. The molecule has 1 N–H and O–H groups in total. The smallest absolute Gasteiger partial charge is 0.268 e. The second-order valence-corrected chi connectivity index (χ2v) is 5.13. The van der Waals surface area contributed by atoms with Gasteiger partial charge in [0.2, 0.25) is 0 Å². The van der Waals surface area contributed by atoms with E-state index in [1.54, 1.807) is 16.9 Å². The van der Waals surface area contributed by atoms with Gasteiger partial charge < -0.3 is 10.2 Å². The summed E-state index contributed by atoms with van der Waals surface area (Å²) in [4.78, 5) is 14.2. The van der Waals surface area contributed by atoms with Crippen molar-refractivity contribution in [3.63, 3.8) is 0 Å². The van der Waals surface area contributed by atoms with Crippen LogP contribution in [0.15, 0.2) is 17.1 Å². The molecule has 0 bridgehead atoms. The molecular formula is C15H28N4O. The highest BCUT2D eigenvalue weighted by molar-refractivity contribution is 5.42. The van der Waals surface area contributed by atoms with Gasteiger partial charge in [0.05, 0.1) is 11.9 Å². The van der Waals surface area contributed by atoms with Crippen LogP contribution in [0, 0.1) is 0 Å². The number of unbranched alkanes of at least 4 members (excludes halogenated alkanes) is 1. The summed E-state index contributed by atoms with van der Waals surface area (Å²) in [5, 5.41) is 7.50. The third-order valence-electron chi connectivity index (χ3n) is 3.73. The standard InChI is InChI=1S/C15H28N4O/c1-5-18(6-2)14-11-15(20)19(17-12-14)10-8-7-9-13(3)16-4/h11-13,16H,5-10H2,1-4H3. The van der Waals surface area contributed by atoms with Crippen molar-refractivity contribution in [1.82, 2.24) is 15.1 Å². The molecule has 0 saturated heterocycles. The maximum absolute atomic E-state index is 12.0. The Morgan fingerprint density at radius 1 is 1.35 bits per heavy atom. The van der Waals surface area contributed by atoms with Crippen molar-refractivity contribution < 1.29 is 0 Å². The molecule has 0 saturated carbocycles. The van der Waals surface area contributed by atoms with Crippen molar-refractivity contribution in [3.8, 4) is 0 Å². The zero-order valence-corrected chi connectivity index (χ0v) is 13.2. The minimum absolute atomic E-state index is 0.00364. The molecule has 0 radical (unpaired) electrons. The lowest BCUT2D eigenvalue weighted by atomic mass is 10.1.